The molecule has 3 nitrogen and oxygen atoms in total. The number of methoxy groups -OCH3 is 1. The van der Waals surface area contributed by atoms with Crippen LogP contribution in [-0.4, -0.2) is 25.7 Å². The highest BCUT2D eigenvalue weighted by Gasteiger charge is 2.33. The second kappa shape index (κ2) is 4.30. The average Bonchev–Trinajstić information content (AvgIpc) is 2.85. The first-order valence-corrected chi connectivity index (χ1v) is 5.26. The predicted molar refractivity (Wildman–Crippen MR) is 56.0 cm³/mol. The molecular weight excluding hydrogens is 178 g/mol. The largest absolute Gasteiger partial charge is 0.468 e. The van der Waals surface area contributed by atoms with Crippen molar-refractivity contribution in [2.24, 2.45) is 11.3 Å². The van der Waals surface area contributed by atoms with Crippen molar-refractivity contribution in [1.82, 2.24) is 5.32 Å². The third-order valence-electron chi connectivity index (χ3n) is 2.61. The molecule has 3 heteroatoms. The van der Waals surface area contributed by atoms with E-state index in [4.69, 9.17) is 4.74 Å². The van der Waals surface area contributed by atoms with Crippen molar-refractivity contribution in [3.63, 3.8) is 0 Å². The van der Waals surface area contributed by atoms with E-state index in [2.05, 4.69) is 26.1 Å². The van der Waals surface area contributed by atoms with E-state index in [1.807, 2.05) is 0 Å². The van der Waals surface area contributed by atoms with Crippen molar-refractivity contribution in [3.05, 3.63) is 0 Å². The Bertz CT molecular complexity index is 204. The Kier molecular flexibility index (Phi) is 3.53. The maximum atomic E-state index is 11.5. The summed E-state index contributed by atoms with van der Waals surface area (Å²) in [7, 11) is 1.44. The summed E-state index contributed by atoms with van der Waals surface area (Å²) >= 11 is 0. The molecule has 82 valence electrons. The molecule has 1 atom stereocenters. The van der Waals surface area contributed by atoms with E-state index in [1.54, 1.807) is 0 Å². The third kappa shape index (κ3) is 3.29. The quantitative estimate of drug-likeness (QED) is 0.698. The smallest absolute Gasteiger partial charge is 0.323 e. The van der Waals surface area contributed by atoms with Crippen LogP contribution in [0.3, 0.4) is 0 Å². The molecule has 0 aromatic rings. The monoisotopic (exact) mass is 199 g/mol. The van der Waals surface area contributed by atoms with Gasteiger partial charge in [0.05, 0.1) is 7.11 Å². The van der Waals surface area contributed by atoms with Crippen LogP contribution in [0, 0.1) is 11.3 Å². The molecule has 0 radical (unpaired) electrons. The molecule has 0 spiro atoms. The van der Waals surface area contributed by atoms with Crippen molar-refractivity contribution >= 4 is 5.97 Å². The molecule has 0 bridgehead atoms. The first-order valence-electron chi connectivity index (χ1n) is 5.26. The molecule has 1 N–H and O–H groups in total. The molecule has 0 aromatic heterocycles. The van der Waals surface area contributed by atoms with Gasteiger partial charge in [0.25, 0.3) is 0 Å². The summed E-state index contributed by atoms with van der Waals surface area (Å²) < 4.78 is 4.79. The lowest BCUT2D eigenvalue weighted by Crippen LogP contribution is -2.47. The standard InChI is InChI=1S/C11H21NO2/c1-11(2,3)9(10(13)14-4)12-7-8-5-6-8/h8-9,12H,5-7H2,1-4H3. The summed E-state index contributed by atoms with van der Waals surface area (Å²) in [5.74, 6) is 0.627. The van der Waals surface area contributed by atoms with Crippen molar-refractivity contribution in [3.8, 4) is 0 Å². The molecule has 0 saturated heterocycles. The van der Waals surface area contributed by atoms with E-state index in [9.17, 15) is 4.79 Å². The molecule has 1 aliphatic carbocycles. The number of esters is 1. The van der Waals surface area contributed by atoms with E-state index < -0.39 is 0 Å². The Morgan fingerprint density at radius 1 is 1.50 bits per heavy atom. The number of ether oxygens (including phenoxy) is 1. The first-order chi connectivity index (χ1) is 6.45. The maximum absolute atomic E-state index is 11.5. The lowest BCUT2D eigenvalue weighted by atomic mass is 9.86. The van der Waals surface area contributed by atoms with E-state index >= 15 is 0 Å². The molecule has 14 heavy (non-hydrogen) atoms. The van der Waals surface area contributed by atoms with Gasteiger partial charge in [0.1, 0.15) is 6.04 Å². The van der Waals surface area contributed by atoms with Gasteiger partial charge in [0, 0.05) is 0 Å². The Morgan fingerprint density at radius 3 is 2.43 bits per heavy atom. The molecular formula is C11H21NO2. The summed E-state index contributed by atoms with van der Waals surface area (Å²) in [5.41, 5.74) is -0.0814. The van der Waals surface area contributed by atoms with Crippen LogP contribution < -0.4 is 5.32 Å². The number of carbonyl (C=O) groups excluding carboxylic acids is 1. The van der Waals surface area contributed by atoms with Gasteiger partial charge in [-0.25, -0.2) is 0 Å². The van der Waals surface area contributed by atoms with Gasteiger partial charge in [0.2, 0.25) is 0 Å². The zero-order valence-electron chi connectivity index (χ0n) is 9.59. The average molecular weight is 199 g/mol. The second-order valence-electron chi connectivity index (χ2n) is 5.17. The molecule has 1 rings (SSSR count). The van der Waals surface area contributed by atoms with Gasteiger partial charge < -0.3 is 10.1 Å². The molecule has 1 saturated carbocycles. The van der Waals surface area contributed by atoms with Gasteiger partial charge in [-0.3, -0.25) is 4.79 Å². The summed E-state index contributed by atoms with van der Waals surface area (Å²) in [6, 6.07) is -0.187. The lowest BCUT2D eigenvalue weighted by molar-refractivity contribution is -0.146. The topological polar surface area (TPSA) is 38.3 Å². The van der Waals surface area contributed by atoms with Crippen molar-refractivity contribution in [2.45, 2.75) is 39.7 Å². The molecule has 0 aromatic carbocycles. The fourth-order valence-electron chi connectivity index (χ4n) is 1.47. The molecule has 1 aliphatic rings. The van der Waals surface area contributed by atoms with Crippen LogP contribution >= 0.6 is 0 Å². The summed E-state index contributed by atoms with van der Waals surface area (Å²) in [6.45, 7) is 7.09. The zero-order valence-corrected chi connectivity index (χ0v) is 9.59. The number of hydrogen-bond donors (Lipinski definition) is 1. The summed E-state index contributed by atoms with van der Waals surface area (Å²) in [4.78, 5) is 11.5. The Morgan fingerprint density at radius 2 is 2.07 bits per heavy atom. The number of rotatable bonds is 4. The van der Waals surface area contributed by atoms with Crippen molar-refractivity contribution in [1.29, 1.82) is 0 Å². The van der Waals surface area contributed by atoms with E-state index in [-0.39, 0.29) is 17.4 Å². The van der Waals surface area contributed by atoms with E-state index in [0.29, 0.717) is 0 Å². The number of nitrogens with one attached hydrogen (secondary N) is 1. The van der Waals surface area contributed by atoms with Crippen LogP contribution in [-0.2, 0) is 9.53 Å². The SMILES string of the molecule is COC(=O)C(NCC1CC1)C(C)(C)C. The van der Waals surface area contributed by atoms with Gasteiger partial charge in [-0.15, -0.1) is 0 Å². The van der Waals surface area contributed by atoms with E-state index in [0.717, 1.165) is 12.5 Å². The Hall–Kier alpha value is -0.570. The summed E-state index contributed by atoms with van der Waals surface area (Å²) in [5, 5.41) is 3.30. The fraction of sp³-hybridized carbons (Fsp3) is 0.909. The highest BCUT2D eigenvalue weighted by Crippen LogP contribution is 2.29. The summed E-state index contributed by atoms with van der Waals surface area (Å²) in [6.07, 6.45) is 2.59. The van der Waals surface area contributed by atoms with Crippen molar-refractivity contribution in [2.75, 3.05) is 13.7 Å². The molecule has 0 amide bonds. The highest BCUT2D eigenvalue weighted by atomic mass is 16.5. The predicted octanol–water partition coefficient (Wildman–Crippen LogP) is 1.57. The van der Waals surface area contributed by atoms with Crippen LogP contribution in [0.2, 0.25) is 0 Å². The van der Waals surface area contributed by atoms with Gasteiger partial charge in [-0.1, -0.05) is 20.8 Å². The van der Waals surface area contributed by atoms with Gasteiger partial charge in [0.15, 0.2) is 0 Å². The minimum atomic E-state index is -0.187. The molecule has 1 fully saturated rings. The molecule has 1 unspecified atom stereocenters. The van der Waals surface area contributed by atoms with Crippen LogP contribution in [0.15, 0.2) is 0 Å². The number of hydrogen-bond acceptors (Lipinski definition) is 3. The minimum Gasteiger partial charge on any atom is -0.468 e. The van der Waals surface area contributed by atoms with Crippen LogP contribution in [0.1, 0.15) is 33.6 Å². The Balaban J connectivity index is 2.46. The lowest BCUT2D eigenvalue weighted by Gasteiger charge is -2.29. The van der Waals surface area contributed by atoms with Gasteiger partial charge >= 0.3 is 5.97 Å². The fourth-order valence-corrected chi connectivity index (χ4v) is 1.47. The number of carbonyl (C=O) groups is 1. The van der Waals surface area contributed by atoms with Crippen molar-refractivity contribution < 1.29 is 9.53 Å². The molecule has 0 aliphatic heterocycles. The van der Waals surface area contributed by atoms with Gasteiger partial charge in [-0.05, 0) is 30.7 Å². The maximum Gasteiger partial charge on any atom is 0.323 e. The zero-order chi connectivity index (χ0) is 10.8. The van der Waals surface area contributed by atoms with Gasteiger partial charge in [-0.2, -0.15) is 0 Å². The van der Waals surface area contributed by atoms with E-state index in [1.165, 1.54) is 20.0 Å². The normalized spacial score (nSPS) is 19.1. The third-order valence-corrected chi connectivity index (χ3v) is 2.61. The first kappa shape index (κ1) is 11.5. The Labute approximate surface area is 86.2 Å². The van der Waals surface area contributed by atoms with Crippen LogP contribution in [0.4, 0.5) is 0 Å². The van der Waals surface area contributed by atoms with Crippen LogP contribution in [0.25, 0.3) is 0 Å². The van der Waals surface area contributed by atoms with Crippen LogP contribution in [0.5, 0.6) is 0 Å². The molecule has 0 heterocycles. The minimum absolute atomic E-state index is 0.0814. The second-order valence-corrected chi connectivity index (χ2v) is 5.17. The highest BCUT2D eigenvalue weighted by molar-refractivity contribution is 5.76.